The number of aliphatic carboxylic acids is 1. The Morgan fingerprint density at radius 2 is 1.83 bits per heavy atom. The number of hydrogen-bond acceptors (Lipinski definition) is 3. The Bertz CT molecular complexity index is 815. The van der Waals surface area contributed by atoms with Gasteiger partial charge in [-0.15, -0.1) is 0 Å². The Morgan fingerprint density at radius 1 is 1.06 bits per heavy atom. The first-order valence-electron chi connectivity index (χ1n) is 14.7. The van der Waals surface area contributed by atoms with Gasteiger partial charge in [0.2, 0.25) is 0 Å². The van der Waals surface area contributed by atoms with Crippen LogP contribution in [0.2, 0.25) is 0 Å². The highest BCUT2D eigenvalue weighted by Gasteiger charge is 2.59. The fourth-order valence-corrected chi connectivity index (χ4v) is 9.30. The maximum absolute atomic E-state index is 12.3. The molecular weight excluding hydrogens is 436 g/mol. The molecule has 3 saturated carbocycles. The first-order valence-corrected chi connectivity index (χ1v) is 14.7. The molecule has 0 bridgehead atoms. The summed E-state index contributed by atoms with van der Waals surface area (Å²) in [6, 6.07) is 0. The molecule has 0 heterocycles. The van der Waals surface area contributed by atoms with Crippen molar-refractivity contribution in [2.75, 3.05) is 0 Å². The smallest absolute Gasteiger partial charge is 0.306 e. The van der Waals surface area contributed by atoms with E-state index in [-0.39, 0.29) is 30.3 Å². The van der Waals surface area contributed by atoms with Crippen molar-refractivity contribution < 1.29 is 19.4 Å². The summed E-state index contributed by atoms with van der Waals surface area (Å²) in [7, 11) is 0. The first-order chi connectivity index (χ1) is 16.5. The SMILES string of the molecule is CC(C)CCC[C@@H](C)[C@H]1CCC2C3CC=C4CCC(OC(=O)CCC(=O)O)C[C@]4(C)C3CC[C@@]21C. The van der Waals surface area contributed by atoms with Crippen molar-refractivity contribution in [2.24, 2.45) is 46.3 Å². The van der Waals surface area contributed by atoms with Crippen LogP contribution < -0.4 is 0 Å². The maximum atomic E-state index is 12.3. The molecule has 0 aromatic heterocycles. The topological polar surface area (TPSA) is 63.6 Å². The summed E-state index contributed by atoms with van der Waals surface area (Å²) in [4.78, 5) is 23.1. The molecule has 0 aromatic carbocycles. The van der Waals surface area contributed by atoms with Crippen molar-refractivity contribution in [3.8, 4) is 0 Å². The maximum Gasteiger partial charge on any atom is 0.306 e. The second-order valence-electron chi connectivity index (χ2n) is 13.5. The number of fused-ring (bicyclic) bond motifs is 5. The van der Waals surface area contributed by atoms with Gasteiger partial charge in [0, 0.05) is 0 Å². The average Bonchev–Trinajstić information content (AvgIpc) is 3.14. The highest BCUT2D eigenvalue weighted by atomic mass is 16.5. The molecule has 4 aliphatic carbocycles. The van der Waals surface area contributed by atoms with Gasteiger partial charge in [-0.05, 0) is 97.7 Å². The van der Waals surface area contributed by atoms with Crippen molar-refractivity contribution in [1.29, 1.82) is 0 Å². The lowest BCUT2D eigenvalue weighted by molar-refractivity contribution is -0.156. The third-order valence-corrected chi connectivity index (χ3v) is 11.1. The zero-order valence-electron chi connectivity index (χ0n) is 23.0. The predicted molar refractivity (Wildman–Crippen MR) is 140 cm³/mol. The molecule has 0 radical (unpaired) electrons. The highest BCUT2D eigenvalue weighted by molar-refractivity contribution is 5.76. The summed E-state index contributed by atoms with van der Waals surface area (Å²) in [5, 5.41) is 8.89. The van der Waals surface area contributed by atoms with Crippen molar-refractivity contribution in [3.05, 3.63) is 11.6 Å². The van der Waals surface area contributed by atoms with E-state index >= 15 is 0 Å². The van der Waals surface area contributed by atoms with E-state index in [1.165, 1.54) is 51.4 Å². The van der Waals surface area contributed by atoms with Gasteiger partial charge in [0.05, 0.1) is 12.8 Å². The van der Waals surface area contributed by atoms with E-state index < -0.39 is 5.97 Å². The number of carbonyl (C=O) groups excluding carboxylic acids is 1. The van der Waals surface area contributed by atoms with Crippen LogP contribution in [0.25, 0.3) is 0 Å². The molecule has 3 fully saturated rings. The van der Waals surface area contributed by atoms with Gasteiger partial charge in [-0.1, -0.05) is 65.5 Å². The molecule has 4 heteroatoms. The van der Waals surface area contributed by atoms with Gasteiger partial charge in [-0.25, -0.2) is 0 Å². The summed E-state index contributed by atoms with van der Waals surface area (Å²) in [6.07, 6.45) is 16.0. The average molecular weight is 487 g/mol. The standard InChI is InChI=1S/C31H50O4/c1-20(2)7-6-8-21(3)25-13-14-26-24-12-10-22-9-11-23(35-29(34)16-15-28(32)33)19-31(22,5)27(24)17-18-30(25,26)4/h10,20-21,23-27H,6-9,11-19H2,1-5H3,(H,32,33)/t21-,23?,24?,25-,26?,27?,30-,31+/m1/s1. The molecule has 0 aliphatic heterocycles. The van der Waals surface area contributed by atoms with Crippen LogP contribution in [0.5, 0.6) is 0 Å². The van der Waals surface area contributed by atoms with Crippen molar-refractivity contribution in [3.63, 3.8) is 0 Å². The zero-order chi connectivity index (χ0) is 25.4. The molecule has 4 nitrogen and oxygen atoms in total. The van der Waals surface area contributed by atoms with E-state index in [0.717, 1.165) is 48.9 Å². The van der Waals surface area contributed by atoms with E-state index in [1.54, 1.807) is 5.57 Å². The fraction of sp³-hybridized carbons (Fsp3) is 0.871. The van der Waals surface area contributed by atoms with E-state index in [9.17, 15) is 9.59 Å². The van der Waals surface area contributed by atoms with Gasteiger partial charge < -0.3 is 9.84 Å². The van der Waals surface area contributed by atoms with E-state index in [0.29, 0.717) is 11.3 Å². The molecule has 0 saturated heterocycles. The predicted octanol–water partition coefficient (Wildman–Crippen LogP) is 7.80. The Labute approximate surface area is 213 Å². The molecule has 198 valence electrons. The molecule has 8 atom stereocenters. The van der Waals surface area contributed by atoms with Gasteiger partial charge in [-0.2, -0.15) is 0 Å². The summed E-state index contributed by atoms with van der Waals surface area (Å²) < 4.78 is 5.82. The normalized spacial score (nSPS) is 39.3. The minimum Gasteiger partial charge on any atom is -0.481 e. The minimum atomic E-state index is -0.938. The zero-order valence-corrected chi connectivity index (χ0v) is 23.0. The summed E-state index contributed by atoms with van der Waals surface area (Å²) in [5.74, 6) is 3.50. The minimum absolute atomic E-state index is 0.0194. The fourth-order valence-electron chi connectivity index (χ4n) is 9.30. The molecule has 0 spiro atoms. The van der Waals surface area contributed by atoms with Gasteiger partial charge in [0.1, 0.15) is 6.10 Å². The van der Waals surface area contributed by atoms with Gasteiger partial charge in [0.25, 0.3) is 0 Å². The first kappa shape index (κ1) is 26.7. The molecule has 4 rings (SSSR count). The van der Waals surface area contributed by atoms with Crippen LogP contribution in [0.15, 0.2) is 11.6 Å². The lowest BCUT2D eigenvalue weighted by Gasteiger charge is -2.58. The van der Waals surface area contributed by atoms with Gasteiger partial charge in [-0.3, -0.25) is 9.59 Å². The van der Waals surface area contributed by atoms with Crippen molar-refractivity contribution >= 4 is 11.9 Å². The van der Waals surface area contributed by atoms with E-state index in [2.05, 4.69) is 40.7 Å². The number of carboxylic acids is 1. The number of esters is 1. The molecule has 0 aromatic rings. The van der Waals surface area contributed by atoms with Crippen molar-refractivity contribution in [2.45, 2.75) is 124 Å². The number of carboxylic acid groups (broad SMARTS) is 1. The van der Waals surface area contributed by atoms with Crippen LogP contribution in [0.1, 0.15) is 118 Å². The Balaban J connectivity index is 1.43. The van der Waals surface area contributed by atoms with Crippen LogP contribution in [-0.2, 0) is 14.3 Å². The number of ether oxygens (including phenoxy) is 1. The highest BCUT2D eigenvalue weighted by Crippen LogP contribution is 2.67. The lowest BCUT2D eigenvalue weighted by atomic mass is 9.47. The lowest BCUT2D eigenvalue weighted by Crippen LogP contribution is -2.51. The second kappa shape index (κ2) is 10.6. The second-order valence-corrected chi connectivity index (χ2v) is 13.5. The third-order valence-electron chi connectivity index (χ3n) is 11.1. The third kappa shape index (κ3) is 5.37. The molecule has 4 unspecified atom stereocenters. The van der Waals surface area contributed by atoms with Crippen molar-refractivity contribution in [1.82, 2.24) is 0 Å². The van der Waals surface area contributed by atoms with E-state index in [4.69, 9.17) is 9.84 Å². The molecule has 0 amide bonds. The van der Waals surface area contributed by atoms with Crippen LogP contribution in [0.3, 0.4) is 0 Å². The van der Waals surface area contributed by atoms with E-state index in [1.807, 2.05) is 0 Å². The number of carbonyl (C=O) groups is 2. The van der Waals surface area contributed by atoms with Crippen LogP contribution in [-0.4, -0.2) is 23.1 Å². The number of allylic oxidation sites excluding steroid dienone is 2. The Morgan fingerprint density at radius 3 is 2.54 bits per heavy atom. The van der Waals surface area contributed by atoms with Gasteiger partial charge in [0.15, 0.2) is 0 Å². The van der Waals surface area contributed by atoms with Crippen LogP contribution in [0.4, 0.5) is 0 Å². The molecule has 1 N–H and O–H groups in total. The summed E-state index contributed by atoms with van der Waals surface area (Å²) >= 11 is 0. The Kier molecular flexibility index (Phi) is 8.08. The largest absolute Gasteiger partial charge is 0.481 e. The summed E-state index contributed by atoms with van der Waals surface area (Å²) in [6.45, 7) is 12.3. The molecule has 4 aliphatic rings. The Hall–Kier alpha value is -1.32. The number of rotatable bonds is 9. The summed E-state index contributed by atoms with van der Waals surface area (Å²) in [5.41, 5.74) is 2.22. The number of hydrogen-bond donors (Lipinski definition) is 1. The van der Waals surface area contributed by atoms with Crippen LogP contribution in [0, 0.1) is 46.3 Å². The molecular formula is C31H50O4. The quantitative estimate of drug-likeness (QED) is 0.267. The van der Waals surface area contributed by atoms with Crippen LogP contribution >= 0.6 is 0 Å². The monoisotopic (exact) mass is 486 g/mol. The molecule has 35 heavy (non-hydrogen) atoms. The van der Waals surface area contributed by atoms with Gasteiger partial charge >= 0.3 is 11.9 Å².